The van der Waals surface area contributed by atoms with E-state index < -0.39 is 5.91 Å². The summed E-state index contributed by atoms with van der Waals surface area (Å²) in [5.74, 6) is -0.705. The normalized spacial score (nSPS) is 9.95. The number of nitrogens with one attached hydrogen (secondary N) is 2. The first-order valence-electron chi connectivity index (χ1n) is 6.66. The van der Waals surface area contributed by atoms with Gasteiger partial charge in [-0.25, -0.2) is 0 Å². The van der Waals surface area contributed by atoms with E-state index in [9.17, 15) is 9.59 Å². The Kier molecular flexibility index (Phi) is 4.56. The zero-order valence-corrected chi connectivity index (χ0v) is 11.7. The van der Waals surface area contributed by atoms with Crippen molar-refractivity contribution in [3.05, 3.63) is 59.7 Å². The molecular formula is C16H17N3O2. The lowest BCUT2D eigenvalue weighted by atomic mass is 10.1. The van der Waals surface area contributed by atoms with Gasteiger partial charge in [0.25, 0.3) is 5.91 Å². The Balaban J connectivity index is 2.16. The van der Waals surface area contributed by atoms with E-state index in [1.54, 1.807) is 30.3 Å². The van der Waals surface area contributed by atoms with Crippen LogP contribution in [0.15, 0.2) is 48.5 Å². The summed E-state index contributed by atoms with van der Waals surface area (Å²) in [7, 11) is 0. The van der Waals surface area contributed by atoms with E-state index >= 15 is 0 Å². The average molecular weight is 283 g/mol. The Morgan fingerprint density at radius 3 is 2.33 bits per heavy atom. The molecule has 2 amide bonds. The van der Waals surface area contributed by atoms with E-state index in [2.05, 4.69) is 10.6 Å². The van der Waals surface area contributed by atoms with Gasteiger partial charge in [0.2, 0.25) is 5.91 Å². The van der Waals surface area contributed by atoms with Crippen molar-refractivity contribution in [1.29, 1.82) is 0 Å². The summed E-state index contributed by atoms with van der Waals surface area (Å²) in [6, 6.07) is 13.7. The highest BCUT2D eigenvalue weighted by atomic mass is 16.2. The Morgan fingerprint density at radius 1 is 1.05 bits per heavy atom. The van der Waals surface area contributed by atoms with Crippen molar-refractivity contribution in [2.75, 3.05) is 17.2 Å². The van der Waals surface area contributed by atoms with Crippen LogP contribution in [-0.2, 0) is 0 Å². The van der Waals surface area contributed by atoms with Gasteiger partial charge in [-0.2, -0.15) is 0 Å². The molecular weight excluding hydrogens is 266 g/mol. The van der Waals surface area contributed by atoms with Crippen molar-refractivity contribution in [2.45, 2.75) is 6.92 Å². The number of anilines is 2. The Labute approximate surface area is 123 Å². The summed E-state index contributed by atoms with van der Waals surface area (Å²) >= 11 is 0. The largest absolute Gasteiger partial charge is 0.385 e. The van der Waals surface area contributed by atoms with E-state index in [1.807, 2.05) is 25.1 Å². The van der Waals surface area contributed by atoms with Crippen LogP contribution in [0.3, 0.4) is 0 Å². The Hall–Kier alpha value is -2.82. The number of para-hydroxylation sites is 1. The van der Waals surface area contributed by atoms with Crippen molar-refractivity contribution in [3.8, 4) is 0 Å². The van der Waals surface area contributed by atoms with Crippen LogP contribution in [0.5, 0.6) is 0 Å². The van der Waals surface area contributed by atoms with E-state index in [-0.39, 0.29) is 5.91 Å². The van der Waals surface area contributed by atoms with Gasteiger partial charge in [0.1, 0.15) is 0 Å². The molecule has 0 atom stereocenters. The van der Waals surface area contributed by atoms with Gasteiger partial charge in [-0.3, -0.25) is 9.59 Å². The van der Waals surface area contributed by atoms with Gasteiger partial charge in [0.05, 0.1) is 5.56 Å². The molecule has 0 saturated heterocycles. The number of benzene rings is 2. The lowest BCUT2D eigenvalue weighted by Gasteiger charge is -2.11. The molecule has 2 aromatic rings. The van der Waals surface area contributed by atoms with Gasteiger partial charge >= 0.3 is 0 Å². The van der Waals surface area contributed by atoms with Crippen molar-refractivity contribution in [2.24, 2.45) is 5.73 Å². The smallest absolute Gasteiger partial charge is 0.257 e. The van der Waals surface area contributed by atoms with Gasteiger partial charge < -0.3 is 16.4 Å². The Bertz CT molecular complexity index is 651. The first kappa shape index (κ1) is 14.6. The molecule has 2 aromatic carbocycles. The summed E-state index contributed by atoms with van der Waals surface area (Å²) in [5.41, 5.74) is 7.54. The molecule has 0 spiro atoms. The molecule has 108 valence electrons. The number of rotatable bonds is 5. The monoisotopic (exact) mass is 283 g/mol. The standard InChI is InChI=1S/C16H17N3O2/c1-2-18-14-6-4-3-5-13(14)16(21)19-12-9-7-11(8-10-12)15(17)20/h3-10,18H,2H2,1H3,(H2,17,20)(H,19,21). The topological polar surface area (TPSA) is 84.2 Å². The molecule has 0 bridgehead atoms. The van der Waals surface area contributed by atoms with E-state index in [0.717, 1.165) is 12.2 Å². The fourth-order valence-corrected chi connectivity index (χ4v) is 1.94. The van der Waals surface area contributed by atoms with E-state index in [0.29, 0.717) is 16.8 Å². The molecule has 0 fully saturated rings. The third-order valence-corrected chi connectivity index (χ3v) is 2.97. The number of hydrogen-bond acceptors (Lipinski definition) is 3. The number of amides is 2. The molecule has 2 rings (SSSR count). The van der Waals surface area contributed by atoms with Gasteiger partial charge in [0.15, 0.2) is 0 Å². The molecule has 0 aliphatic rings. The minimum atomic E-state index is -0.495. The van der Waals surface area contributed by atoms with Crippen molar-refractivity contribution < 1.29 is 9.59 Å². The van der Waals surface area contributed by atoms with Gasteiger partial charge in [-0.15, -0.1) is 0 Å². The third-order valence-electron chi connectivity index (χ3n) is 2.97. The van der Waals surface area contributed by atoms with Gasteiger partial charge in [0, 0.05) is 23.5 Å². The fraction of sp³-hybridized carbons (Fsp3) is 0.125. The van der Waals surface area contributed by atoms with Crippen LogP contribution in [0.1, 0.15) is 27.6 Å². The molecule has 0 saturated carbocycles. The summed E-state index contributed by atoms with van der Waals surface area (Å²) in [5, 5.41) is 5.94. The first-order valence-corrected chi connectivity index (χ1v) is 6.66. The molecule has 5 nitrogen and oxygen atoms in total. The lowest BCUT2D eigenvalue weighted by Crippen LogP contribution is -2.15. The van der Waals surface area contributed by atoms with E-state index in [4.69, 9.17) is 5.73 Å². The predicted octanol–water partition coefficient (Wildman–Crippen LogP) is 2.47. The predicted molar refractivity (Wildman–Crippen MR) is 83.5 cm³/mol. The second-order valence-electron chi connectivity index (χ2n) is 4.47. The number of carbonyl (C=O) groups excluding carboxylic acids is 2. The maximum atomic E-state index is 12.3. The molecule has 0 aliphatic heterocycles. The lowest BCUT2D eigenvalue weighted by molar-refractivity contribution is 0.0998. The second-order valence-corrected chi connectivity index (χ2v) is 4.47. The van der Waals surface area contributed by atoms with Crippen LogP contribution in [-0.4, -0.2) is 18.4 Å². The molecule has 0 aliphatic carbocycles. The van der Waals surface area contributed by atoms with Gasteiger partial charge in [-0.1, -0.05) is 12.1 Å². The molecule has 5 heteroatoms. The fourth-order valence-electron chi connectivity index (χ4n) is 1.94. The van der Waals surface area contributed by atoms with Crippen molar-refractivity contribution >= 4 is 23.2 Å². The minimum absolute atomic E-state index is 0.210. The van der Waals surface area contributed by atoms with Crippen LogP contribution >= 0.6 is 0 Å². The summed E-state index contributed by atoms with van der Waals surface area (Å²) < 4.78 is 0. The number of carbonyl (C=O) groups is 2. The molecule has 4 N–H and O–H groups in total. The Morgan fingerprint density at radius 2 is 1.71 bits per heavy atom. The van der Waals surface area contributed by atoms with Crippen LogP contribution < -0.4 is 16.4 Å². The van der Waals surface area contributed by atoms with Crippen LogP contribution in [0.4, 0.5) is 11.4 Å². The first-order chi connectivity index (χ1) is 10.1. The quantitative estimate of drug-likeness (QED) is 0.788. The summed E-state index contributed by atoms with van der Waals surface area (Å²) in [6.07, 6.45) is 0. The highest BCUT2D eigenvalue weighted by molar-refractivity contribution is 6.08. The van der Waals surface area contributed by atoms with Gasteiger partial charge in [-0.05, 0) is 43.3 Å². The second kappa shape index (κ2) is 6.56. The molecule has 0 aromatic heterocycles. The van der Waals surface area contributed by atoms with Crippen LogP contribution in [0.25, 0.3) is 0 Å². The maximum Gasteiger partial charge on any atom is 0.257 e. The zero-order chi connectivity index (χ0) is 15.2. The summed E-state index contributed by atoms with van der Waals surface area (Å²) in [6.45, 7) is 2.70. The summed E-state index contributed by atoms with van der Waals surface area (Å²) in [4.78, 5) is 23.3. The molecule has 0 radical (unpaired) electrons. The molecule has 0 heterocycles. The van der Waals surface area contributed by atoms with Crippen LogP contribution in [0, 0.1) is 0 Å². The third kappa shape index (κ3) is 3.60. The van der Waals surface area contributed by atoms with Crippen molar-refractivity contribution in [3.63, 3.8) is 0 Å². The van der Waals surface area contributed by atoms with Crippen molar-refractivity contribution in [1.82, 2.24) is 0 Å². The minimum Gasteiger partial charge on any atom is -0.385 e. The zero-order valence-electron chi connectivity index (χ0n) is 11.7. The highest BCUT2D eigenvalue weighted by Gasteiger charge is 2.10. The average Bonchev–Trinajstić information content (AvgIpc) is 2.48. The number of nitrogens with two attached hydrogens (primary N) is 1. The van der Waals surface area contributed by atoms with E-state index in [1.165, 1.54) is 0 Å². The number of primary amides is 1. The molecule has 0 unspecified atom stereocenters. The maximum absolute atomic E-state index is 12.3. The highest BCUT2D eigenvalue weighted by Crippen LogP contribution is 2.17. The SMILES string of the molecule is CCNc1ccccc1C(=O)Nc1ccc(C(N)=O)cc1. The molecule has 21 heavy (non-hydrogen) atoms. The number of hydrogen-bond donors (Lipinski definition) is 3. The van der Waals surface area contributed by atoms with Crippen LogP contribution in [0.2, 0.25) is 0 Å².